The van der Waals surface area contributed by atoms with E-state index in [0.29, 0.717) is 26.2 Å². The minimum absolute atomic E-state index is 0.104. The minimum Gasteiger partial charge on any atom is -0.378 e. The average Bonchev–Trinajstić information content (AvgIpc) is 2.55. The third-order valence-corrected chi connectivity index (χ3v) is 4.96. The van der Waals surface area contributed by atoms with Crippen LogP contribution < -0.4 is 11.1 Å². The van der Waals surface area contributed by atoms with E-state index in [1.165, 1.54) is 6.92 Å². The van der Waals surface area contributed by atoms with Crippen molar-refractivity contribution in [3.05, 3.63) is 0 Å². The van der Waals surface area contributed by atoms with Crippen LogP contribution in [0.4, 0.5) is 0 Å². The Bertz CT molecular complexity index is 400. The molecular weight excluding hydrogens is 294 g/mol. The van der Waals surface area contributed by atoms with E-state index in [-0.39, 0.29) is 17.9 Å². The molecule has 0 unspecified atom stereocenters. The number of nitrogens with zero attached hydrogens (tertiary/aromatic N) is 1. The molecule has 1 aliphatic carbocycles. The van der Waals surface area contributed by atoms with Crippen LogP contribution in [-0.2, 0) is 14.3 Å². The molecule has 6 nitrogen and oxygen atoms in total. The quantitative estimate of drug-likeness (QED) is 0.718. The van der Waals surface area contributed by atoms with Gasteiger partial charge in [-0.25, -0.2) is 0 Å². The SMILES string of the molecule is CC(=O)NC1(C(=O)N2CCC(OCCCN)CC2)CCCCC1. The first-order chi connectivity index (χ1) is 11.1. The normalized spacial score (nSPS) is 21.9. The van der Waals surface area contributed by atoms with Crippen LogP contribution in [0.2, 0.25) is 0 Å². The number of carbonyl (C=O) groups is 2. The van der Waals surface area contributed by atoms with Gasteiger partial charge < -0.3 is 20.7 Å². The summed E-state index contributed by atoms with van der Waals surface area (Å²) in [5, 5.41) is 2.97. The molecule has 2 fully saturated rings. The molecule has 0 aromatic rings. The van der Waals surface area contributed by atoms with Crippen LogP contribution in [0.15, 0.2) is 0 Å². The predicted molar refractivity (Wildman–Crippen MR) is 88.9 cm³/mol. The van der Waals surface area contributed by atoms with Gasteiger partial charge in [0.2, 0.25) is 11.8 Å². The van der Waals surface area contributed by atoms with Crippen molar-refractivity contribution in [1.82, 2.24) is 10.2 Å². The summed E-state index contributed by atoms with van der Waals surface area (Å²) in [5.74, 6) is -0.00642. The second kappa shape index (κ2) is 8.64. The number of rotatable bonds is 6. The van der Waals surface area contributed by atoms with Gasteiger partial charge in [-0.05, 0) is 38.6 Å². The average molecular weight is 325 g/mol. The topological polar surface area (TPSA) is 84.7 Å². The molecule has 2 rings (SSSR count). The van der Waals surface area contributed by atoms with Crippen molar-refractivity contribution in [3.8, 4) is 0 Å². The Hall–Kier alpha value is -1.14. The molecular formula is C17H31N3O3. The van der Waals surface area contributed by atoms with Crippen molar-refractivity contribution in [2.45, 2.75) is 69.9 Å². The van der Waals surface area contributed by atoms with E-state index in [1.807, 2.05) is 4.90 Å². The molecule has 2 amide bonds. The number of ether oxygens (including phenoxy) is 1. The smallest absolute Gasteiger partial charge is 0.248 e. The first-order valence-corrected chi connectivity index (χ1v) is 8.97. The summed E-state index contributed by atoms with van der Waals surface area (Å²) in [7, 11) is 0. The summed E-state index contributed by atoms with van der Waals surface area (Å²) >= 11 is 0. The monoisotopic (exact) mass is 325 g/mol. The Balaban J connectivity index is 1.90. The van der Waals surface area contributed by atoms with E-state index in [0.717, 1.165) is 51.4 Å². The lowest BCUT2D eigenvalue weighted by atomic mass is 9.80. The first-order valence-electron chi connectivity index (χ1n) is 8.97. The molecule has 2 aliphatic rings. The highest BCUT2D eigenvalue weighted by Gasteiger charge is 2.43. The maximum atomic E-state index is 13.0. The number of nitrogens with one attached hydrogen (secondary N) is 1. The standard InChI is InChI=1S/C17H31N3O3/c1-14(21)19-17(8-3-2-4-9-17)16(22)20-11-6-15(7-12-20)23-13-5-10-18/h15H,2-13,18H2,1H3,(H,19,21). The lowest BCUT2D eigenvalue weighted by molar-refractivity contribution is -0.145. The summed E-state index contributed by atoms with van der Waals surface area (Å²) in [6, 6.07) is 0. The van der Waals surface area contributed by atoms with Gasteiger partial charge >= 0.3 is 0 Å². The Morgan fingerprint density at radius 3 is 2.43 bits per heavy atom. The number of nitrogens with two attached hydrogens (primary N) is 1. The van der Waals surface area contributed by atoms with Crippen LogP contribution in [0.5, 0.6) is 0 Å². The van der Waals surface area contributed by atoms with E-state index in [4.69, 9.17) is 10.5 Å². The summed E-state index contributed by atoms with van der Waals surface area (Å²) in [6.45, 7) is 4.28. The molecule has 6 heteroatoms. The van der Waals surface area contributed by atoms with Crippen molar-refractivity contribution in [2.75, 3.05) is 26.2 Å². The second-order valence-electron chi connectivity index (χ2n) is 6.83. The highest BCUT2D eigenvalue weighted by atomic mass is 16.5. The molecule has 1 heterocycles. The fourth-order valence-corrected chi connectivity index (χ4v) is 3.75. The number of carbonyl (C=O) groups excluding carboxylic acids is 2. The maximum absolute atomic E-state index is 13.0. The lowest BCUT2D eigenvalue weighted by Crippen LogP contribution is -2.61. The van der Waals surface area contributed by atoms with Crippen molar-refractivity contribution in [3.63, 3.8) is 0 Å². The van der Waals surface area contributed by atoms with Crippen molar-refractivity contribution >= 4 is 11.8 Å². The minimum atomic E-state index is -0.669. The van der Waals surface area contributed by atoms with E-state index in [2.05, 4.69) is 5.32 Å². The summed E-state index contributed by atoms with van der Waals surface area (Å²) in [4.78, 5) is 26.5. The Labute approximate surface area is 139 Å². The van der Waals surface area contributed by atoms with Crippen molar-refractivity contribution in [1.29, 1.82) is 0 Å². The second-order valence-corrected chi connectivity index (χ2v) is 6.83. The van der Waals surface area contributed by atoms with Gasteiger partial charge in [0.25, 0.3) is 0 Å². The molecule has 0 radical (unpaired) electrons. The third kappa shape index (κ3) is 4.91. The largest absolute Gasteiger partial charge is 0.378 e. The summed E-state index contributed by atoms with van der Waals surface area (Å²) in [6.07, 6.45) is 7.52. The Morgan fingerprint density at radius 2 is 1.87 bits per heavy atom. The number of hydrogen-bond donors (Lipinski definition) is 2. The zero-order chi connectivity index (χ0) is 16.7. The number of piperidine rings is 1. The van der Waals surface area contributed by atoms with Gasteiger partial charge in [-0.3, -0.25) is 9.59 Å². The van der Waals surface area contributed by atoms with Gasteiger partial charge in [0.15, 0.2) is 0 Å². The van der Waals surface area contributed by atoms with E-state index in [9.17, 15) is 9.59 Å². The van der Waals surface area contributed by atoms with Crippen LogP contribution in [0.25, 0.3) is 0 Å². The van der Waals surface area contributed by atoms with E-state index in [1.54, 1.807) is 0 Å². The van der Waals surface area contributed by atoms with Gasteiger partial charge in [0.05, 0.1) is 6.10 Å². The Morgan fingerprint density at radius 1 is 1.22 bits per heavy atom. The molecule has 0 aromatic heterocycles. The number of likely N-dealkylation sites (tertiary alicyclic amines) is 1. The van der Waals surface area contributed by atoms with E-state index >= 15 is 0 Å². The van der Waals surface area contributed by atoms with Crippen molar-refractivity contribution in [2.24, 2.45) is 5.73 Å². The van der Waals surface area contributed by atoms with Crippen LogP contribution in [0.3, 0.4) is 0 Å². The number of hydrogen-bond acceptors (Lipinski definition) is 4. The maximum Gasteiger partial charge on any atom is 0.248 e. The zero-order valence-corrected chi connectivity index (χ0v) is 14.3. The highest BCUT2D eigenvalue weighted by Crippen LogP contribution is 2.31. The van der Waals surface area contributed by atoms with Crippen LogP contribution in [0, 0.1) is 0 Å². The fourth-order valence-electron chi connectivity index (χ4n) is 3.75. The van der Waals surface area contributed by atoms with Gasteiger partial charge in [-0.2, -0.15) is 0 Å². The predicted octanol–water partition coefficient (Wildman–Crippen LogP) is 1.18. The van der Waals surface area contributed by atoms with Gasteiger partial charge in [0, 0.05) is 26.6 Å². The van der Waals surface area contributed by atoms with Gasteiger partial charge in [-0.1, -0.05) is 19.3 Å². The Kier molecular flexibility index (Phi) is 6.84. The highest BCUT2D eigenvalue weighted by molar-refractivity contribution is 5.91. The van der Waals surface area contributed by atoms with Crippen molar-refractivity contribution < 1.29 is 14.3 Å². The first kappa shape index (κ1) is 18.2. The van der Waals surface area contributed by atoms with Crippen LogP contribution in [0.1, 0.15) is 58.3 Å². The fraction of sp³-hybridized carbons (Fsp3) is 0.882. The van der Waals surface area contributed by atoms with Crippen LogP contribution in [-0.4, -0.2) is 54.6 Å². The lowest BCUT2D eigenvalue weighted by Gasteiger charge is -2.42. The molecule has 0 spiro atoms. The van der Waals surface area contributed by atoms with Crippen LogP contribution >= 0.6 is 0 Å². The van der Waals surface area contributed by atoms with Gasteiger partial charge in [-0.15, -0.1) is 0 Å². The molecule has 3 N–H and O–H groups in total. The molecule has 0 atom stereocenters. The van der Waals surface area contributed by atoms with Gasteiger partial charge in [0.1, 0.15) is 5.54 Å². The summed E-state index contributed by atoms with van der Waals surface area (Å²) in [5.41, 5.74) is 4.81. The molecule has 132 valence electrons. The van der Waals surface area contributed by atoms with E-state index < -0.39 is 5.54 Å². The summed E-state index contributed by atoms with van der Waals surface area (Å²) < 4.78 is 5.80. The molecule has 23 heavy (non-hydrogen) atoms. The third-order valence-electron chi connectivity index (χ3n) is 4.96. The molecule has 1 saturated heterocycles. The number of amides is 2. The molecule has 1 saturated carbocycles. The zero-order valence-electron chi connectivity index (χ0n) is 14.3. The molecule has 1 aliphatic heterocycles. The molecule has 0 bridgehead atoms. The molecule has 0 aromatic carbocycles.